The Morgan fingerprint density at radius 1 is 1.15 bits per heavy atom. The van der Waals surface area contributed by atoms with Crippen molar-refractivity contribution in [3.8, 4) is 11.8 Å². The van der Waals surface area contributed by atoms with Crippen LogP contribution in [0, 0.1) is 11.3 Å². The van der Waals surface area contributed by atoms with Crippen molar-refractivity contribution in [1.82, 2.24) is 5.43 Å². The van der Waals surface area contributed by atoms with Gasteiger partial charge in [-0.3, -0.25) is 4.79 Å². The fourth-order valence-corrected chi connectivity index (χ4v) is 5.06. The molecule has 0 bridgehead atoms. The average Bonchev–Trinajstić information content (AvgIpc) is 3.23. The van der Waals surface area contributed by atoms with E-state index in [9.17, 15) is 10.1 Å². The second kappa shape index (κ2) is 10.6. The number of amides is 1. The number of ether oxygens (including phenoxy) is 1. The van der Waals surface area contributed by atoms with Gasteiger partial charge in [0, 0.05) is 15.4 Å². The Labute approximate surface area is 221 Å². The van der Waals surface area contributed by atoms with E-state index in [2.05, 4.69) is 48.5 Å². The molecule has 0 atom stereocenters. The van der Waals surface area contributed by atoms with Crippen LogP contribution >= 0.6 is 55.1 Å². The van der Waals surface area contributed by atoms with Crippen LogP contribution in [0.3, 0.4) is 0 Å². The van der Waals surface area contributed by atoms with E-state index in [4.69, 9.17) is 32.4 Å². The highest BCUT2D eigenvalue weighted by Crippen LogP contribution is 2.35. The third kappa shape index (κ3) is 5.45. The van der Waals surface area contributed by atoms with Crippen molar-refractivity contribution in [2.45, 2.75) is 6.61 Å². The number of carbonyl (C=O) groups is 1. The summed E-state index contributed by atoms with van der Waals surface area (Å²) in [6.45, 7) is 0.136. The van der Waals surface area contributed by atoms with Crippen LogP contribution in [0.2, 0.25) is 10.0 Å². The van der Waals surface area contributed by atoms with E-state index in [1.54, 1.807) is 36.4 Å². The zero-order valence-electron chi connectivity index (χ0n) is 17.1. The summed E-state index contributed by atoms with van der Waals surface area (Å²) in [6, 6.07) is 17.7. The Kier molecular flexibility index (Phi) is 7.59. The quantitative estimate of drug-likeness (QED) is 0.179. The minimum Gasteiger partial charge on any atom is -0.486 e. The summed E-state index contributed by atoms with van der Waals surface area (Å²) in [5.74, 6) is -0.108. The molecule has 1 heterocycles. The minimum absolute atomic E-state index is 0.114. The number of hydrogen-bond acceptors (Lipinski definition) is 5. The topological polar surface area (TPSA) is 87.6 Å². The van der Waals surface area contributed by atoms with Crippen LogP contribution in [0.25, 0.3) is 11.0 Å². The number of hydrogen-bond donors (Lipinski definition) is 1. The van der Waals surface area contributed by atoms with E-state index in [0.717, 1.165) is 19.9 Å². The average molecular weight is 622 g/mol. The summed E-state index contributed by atoms with van der Waals surface area (Å²) in [4.78, 5) is 12.4. The van der Waals surface area contributed by atoms with E-state index in [1.165, 1.54) is 6.21 Å². The Bertz CT molecular complexity index is 1460. The highest BCUT2D eigenvalue weighted by atomic mass is 79.9. The van der Waals surface area contributed by atoms with Crippen molar-refractivity contribution in [3.63, 3.8) is 0 Å². The van der Waals surface area contributed by atoms with E-state index in [0.29, 0.717) is 16.7 Å². The van der Waals surface area contributed by atoms with Gasteiger partial charge in [-0.25, -0.2) is 5.43 Å². The molecule has 6 nitrogen and oxygen atoms in total. The molecule has 0 aliphatic heterocycles. The number of hydrazone groups is 1. The summed E-state index contributed by atoms with van der Waals surface area (Å²) in [7, 11) is 0. The van der Waals surface area contributed by atoms with Gasteiger partial charge in [-0.1, -0.05) is 57.3 Å². The first-order chi connectivity index (χ1) is 16.4. The fraction of sp³-hybridized carbons (Fsp3) is 0.0417. The first-order valence-electron chi connectivity index (χ1n) is 9.67. The fourth-order valence-electron chi connectivity index (χ4n) is 3.11. The molecule has 1 aromatic heterocycles. The first-order valence-corrected chi connectivity index (χ1v) is 12.0. The van der Waals surface area contributed by atoms with Crippen LogP contribution in [0.1, 0.15) is 27.2 Å². The van der Waals surface area contributed by atoms with Crippen molar-refractivity contribution in [2.24, 2.45) is 5.10 Å². The number of benzene rings is 3. The number of nitrogens with zero attached hydrogens (tertiary/aromatic N) is 2. The first kappa shape index (κ1) is 24.3. The number of furan rings is 1. The molecular formula is C24H13Br2Cl2N3O3. The van der Waals surface area contributed by atoms with E-state index >= 15 is 0 Å². The molecule has 0 aliphatic rings. The van der Waals surface area contributed by atoms with Gasteiger partial charge in [-0.15, -0.1) is 0 Å². The van der Waals surface area contributed by atoms with Gasteiger partial charge in [0.15, 0.2) is 11.5 Å². The molecule has 10 heteroatoms. The lowest BCUT2D eigenvalue weighted by Gasteiger charge is -2.11. The third-order valence-corrected chi connectivity index (χ3v) is 6.28. The van der Waals surface area contributed by atoms with E-state index in [-0.39, 0.29) is 28.2 Å². The number of halogens is 4. The molecule has 4 rings (SSSR count). The zero-order valence-corrected chi connectivity index (χ0v) is 21.8. The highest BCUT2D eigenvalue weighted by molar-refractivity contribution is 9.11. The molecule has 0 aliphatic carbocycles. The van der Waals surface area contributed by atoms with Crippen molar-refractivity contribution in [3.05, 3.63) is 96.0 Å². The molecular weight excluding hydrogens is 609 g/mol. The van der Waals surface area contributed by atoms with Crippen LogP contribution in [0.4, 0.5) is 0 Å². The molecule has 170 valence electrons. The van der Waals surface area contributed by atoms with Crippen LogP contribution in [0.15, 0.2) is 73.1 Å². The number of carbonyl (C=O) groups excluding carboxylic acids is 1. The van der Waals surface area contributed by atoms with Gasteiger partial charge in [0.05, 0.1) is 32.4 Å². The Morgan fingerprint density at radius 3 is 2.62 bits per heavy atom. The molecule has 1 amide bonds. The lowest BCUT2D eigenvalue weighted by Crippen LogP contribution is -2.16. The largest absolute Gasteiger partial charge is 0.486 e. The smallest absolute Gasteiger partial charge is 0.307 e. The van der Waals surface area contributed by atoms with Crippen molar-refractivity contribution in [2.75, 3.05) is 0 Å². The van der Waals surface area contributed by atoms with Crippen LogP contribution in [0.5, 0.6) is 5.75 Å². The molecule has 34 heavy (non-hydrogen) atoms. The van der Waals surface area contributed by atoms with E-state index < -0.39 is 5.91 Å². The zero-order chi connectivity index (χ0) is 24.2. The molecule has 1 N–H and O–H groups in total. The van der Waals surface area contributed by atoms with Gasteiger partial charge in [0.25, 0.3) is 0 Å². The number of nitrogens with one attached hydrogen (secondary N) is 1. The van der Waals surface area contributed by atoms with Crippen LogP contribution < -0.4 is 10.2 Å². The van der Waals surface area contributed by atoms with Gasteiger partial charge in [-0.05, 0) is 57.9 Å². The normalized spacial score (nSPS) is 11.0. The number of rotatable bonds is 6. The molecule has 0 fully saturated rings. The maximum atomic E-state index is 12.4. The minimum atomic E-state index is -0.510. The van der Waals surface area contributed by atoms with Crippen molar-refractivity contribution in [1.29, 1.82) is 5.26 Å². The molecule has 0 unspecified atom stereocenters. The molecule has 0 saturated heterocycles. The standard InChI is InChI=1S/C24H13Br2Cl2N3O3/c25-17-7-16-8-21(34-22(16)18(26)9-17)24(32)31-30-11-13-5-19(27)23(20(28)6-13)33-12-15-4-2-1-3-14(15)10-29/h1-9,11H,12H2,(H,31,32)/b30-11-. The van der Waals surface area contributed by atoms with Gasteiger partial charge in [-0.2, -0.15) is 10.4 Å². The third-order valence-electron chi connectivity index (χ3n) is 4.67. The van der Waals surface area contributed by atoms with E-state index in [1.807, 2.05) is 18.2 Å². The summed E-state index contributed by atoms with van der Waals surface area (Å²) < 4.78 is 12.9. The van der Waals surface area contributed by atoms with Crippen molar-refractivity contribution >= 4 is 78.2 Å². The molecule has 3 aromatic carbocycles. The van der Waals surface area contributed by atoms with Gasteiger partial charge in [0.1, 0.15) is 12.2 Å². The molecule has 0 radical (unpaired) electrons. The van der Waals surface area contributed by atoms with Crippen LogP contribution in [-0.4, -0.2) is 12.1 Å². The van der Waals surface area contributed by atoms with Crippen LogP contribution in [-0.2, 0) is 6.61 Å². The monoisotopic (exact) mass is 619 g/mol. The Morgan fingerprint density at radius 2 is 1.88 bits per heavy atom. The maximum absolute atomic E-state index is 12.4. The maximum Gasteiger partial charge on any atom is 0.307 e. The Balaban J connectivity index is 1.44. The molecule has 4 aromatic rings. The SMILES string of the molecule is N#Cc1ccccc1COc1c(Cl)cc(/C=N\NC(=O)c2cc3cc(Br)cc(Br)c3o2)cc1Cl. The second-order valence-corrected chi connectivity index (χ2v) is 9.57. The summed E-state index contributed by atoms with van der Waals surface area (Å²) in [5.41, 5.74) is 4.76. The number of fused-ring (bicyclic) bond motifs is 1. The number of nitriles is 1. The van der Waals surface area contributed by atoms with Gasteiger partial charge >= 0.3 is 5.91 Å². The lowest BCUT2D eigenvalue weighted by molar-refractivity contribution is 0.0929. The highest BCUT2D eigenvalue weighted by Gasteiger charge is 2.15. The molecule has 0 spiro atoms. The summed E-state index contributed by atoms with van der Waals surface area (Å²) in [5, 5.41) is 14.5. The Hall–Kier alpha value is -2.83. The van der Waals surface area contributed by atoms with Gasteiger partial charge < -0.3 is 9.15 Å². The van der Waals surface area contributed by atoms with Crippen molar-refractivity contribution < 1.29 is 13.9 Å². The summed E-state index contributed by atoms with van der Waals surface area (Å²) >= 11 is 19.5. The molecule has 0 saturated carbocycles. The second-order valence-electron chi connectivity index (χ2n) is 6.99. The lowest BCUT2D eigenvalue weighted by atomic mass is 10.1. The summed E-state index contributed by atoms with van der Waals surface area (Å²) in [6.07, 6.45) is 1.40. The van der Waals surface area contributed by atoms with Gasteiger partial charge in [0.2, 0.25) is 0 Å². The predicted molar refractivity (Wildman–Crippen MR) is 139 cm³/mol. The predicted octanol–water partition coefficient (Wildman–Crippen LogP) is 7.48.